The molecule has 0 aliphatic carbocycles. The number of morpholine rings is 1. The fraction of sp³-hybridized carbons (Fsp3) is 0.481. The molecule has 3 rings (SSSR count). The maximum atomic E-state index is 13.3. The highest BCUT2D eigenvalue weighted by Gasteiger charge is 2.31. The first-order valence-electron chi connectivity index (χ1n) is 12.5. The number of hydrogen-bond donors (Lipinski definition) is 2. The Kier molecular flexibility index (Phi) is 10.6. The summed E-state index contributed by atoms with van der Waals surface area (Å²) in [7, 11) is 0. The van der Waals surface area contributed by atoms with Gasteiger partial charge in [-0.2, -0.15) is 0 Å². The predicted molar refractivity (Wildman–Crippen MR) is 134 cm³/mol. The Morgan fingerprint density at radius 1 is 1.05 bits per heavy atom. The van der Waals surface area contributed by atoms with Crippen molar-refractivity contribution in [2.75, 3.05) is 38.2 Å². The molecule has 1 aliphatic heterocycles. The fourth-order valence-electron chi connectivity index (χ4n) is 4.10. The number of benzene rings is 2. The fourth-order valence-corrected chi connectivity index (χ4v) is 4.10. The predicted octanol–water partition coefficient (Wildman–Crippen LogP) is 4.39. The SMILES string of the molecule is CCC(CNc1ccc(OC(F)(F)F)cc1)NC(=O)C(CCc1ccccc1)CC(=O)N1CCOCC1. The summed E-state index contributed by atoms with van der Waals surface area (Å²) >= 11 is 0. The number of alkyl halides is 3. The lowest BCUT2D eigenvalue weighted by atomic mass is 9.94. The van der Waals surface area contributed by atoms with Gasteiger partial charge in [-0.25, -0.2) is 0 Å². The number of halogens is 3. The van der Waals surface area contributed by atoms with Crippen LogP contribution in [0.25, 0.3) is 0 Å². The van der Waals surface area contributed by atoms with Crippen LogP contribution in [0.1, 0.15) is 31.7 Å². The third-order valence-electron chi connectivity index (χ3n) is 6.26. The zero-order valence-electron chi connectivity index (χ0n) is 20.9. The molecule has 0 aromatic heterocycles. The van der Waals surface area contributed by atoms with Crippen LogP contribution in [0.15, 0.2) is 54.6 Å². The van der Waals surface area contributed by atoms with Gasteiger partial charge >= 0.3 is 6.36 Å². The average Bonchev–Trinajstić information content (AvgIpc) is 2.89. The molecule has 37 heavy (non-hydrogen) atoms. The summed E-state index contributed by atoms with van der Waals surface area (Å²) in [4.78, 5) is 27.9. The molecular weight excluding hydrogens is 487 g/mol. The molecule has 2 amide bonds. The third-order valence-corrected chi connectivity index (χ3v) is 6.26. The van der Waals surface area contributed by atoms with Gasteiger partial charge < -0.3 is 25.0 Å². The van der Waals surface area contributed by atoms with Crippen molar-refractivity contribution in [3.63, 3.8) is 0 Å². The van der Waals surface area contributed by atoms with Gasteiger partial charge in [-0.3, -0.25) is 9.59 Å². The van der Waals surface area contributed by atoms with Crippen LogP contribution in [0.2, 0.25) is 0 Å². The van der Waals surface area contributed by atoms with E-state index in [0.29, 0.717) is 57.8 Å². The van der Waals surface area contributed by atoms with E-state index in [1.165, 1.54) is 24.3 Å². The molecule has 2 unspecified atom stereocenters. The third kappa shape index (κ3) is 9.95. The molecule has 0 saturated carbocycles. The number of nitrogens with zero attached hydrogens (tertiary/aromatic N) is 1. The summed E-state index contributed by atoms with van der Waals surface area (Å²) < 4.78 is 46.3. The number of hydrogen-bond acceptors (Lipinski definition) is 5. The maximum Gasteiger partial charge on any atom is 0.573 e. The lowest BCUT2D eigenvalue weighted by Crippen LogP contribution is -2.45. The van der Waals surface area contributed by atoms with Gasteiger partial charge in [0, 0.05) is 43.7 Å². The first-order valence-corrected chi connectivity index (χ1v) is 12.5. The van der Waals surface area contributed by atoms with Crippen molar-refractivity contribution in [2.45, 2.75) is 45.0 Å². The molecular formula is C27H34F3N3O4. The second-order valence-corrected chi connectivity index (χ2v) is 8.99. The van der Waals surface area contributed by atoms with Gasteiger partial charge in [-0.15, -0.1) is 13.2 Å². The first-order chi connectivity index (χ1) is 17.7. The van der Waals surface area contributed by atoms with E-state index in [2.05, 4.69) is 15.4 Å². The monoisotopic (exact) mass is 521 g/mol. The largest absolute Gasteiger partial charge is 0.573 e. The summed E-state index contributed by atoms with van der Waals surface area (Å²) in [6.45, 7) is 4.37. The quantitative estimate of drug-likeness (QED) is 0.433. The van der Waals surface area contributed by atoms with Crippen molar-refractivity contribution >= 4 is 17.5 Å². The van der Waals surface area contributed by atoms with Crippen molar-refractivity contribution in [3.8, 4) is 5.75 Å². The molecule has 7 nitrogen and oxygen atoms in total. The van der Waals surface area contributed by atoms with Crippen molar-refractivity contribution in [1.29, 1.82) is 0 Å². The number of nitrogens with one attached hydrogen (secondary N) is 2. The zero-order chi connectivity index (χ0) is 26.7. The zero-order valence-corrected chi connectivity index (χ0v) is 20.9. The normalized spacial score (nSPS) is 15.5. The van der Waals surface area contributed by atoms with E-state index in [0.717, 1.165) is 5.56 Å². The van der Waals surface area contributed by atoms with E-state index in [-0.39, 0.29) is 30.0 Å². The standard InChI is InChI=1S/C27H34F3N3O4/c1-2-22(19-31-23-10-12-24(13-11-23)37-27(28,29)30)32-26(35)21(9-8-20-6-4-3-5-7-20)18-25(34)33-14-16-36-17-15-33/h3-7,10-13,21-22,31H,2,8-9,14-19H2,1H3,(H,32,35). The topological polar surface area (TPSA) is 79.9 Å². The summed E-state index contributed by atoms with van der Waals surface area (Å²) in [5.41, 5.74) is 1.70. The average molecular weight is 522 g/mol. The van der Waals surface area contributed by atoms with Crippen LogP contribution in [0.3, 0.4) is 0 Å². The number of carbonyl (C=O) groups excluding carboxylic acids is 2. The lowest BCUT2D eigenvalue weighted by Gasteiger charge is -2.29. The van der Waals surface area contributed by atoms with E-state index in [9.17, 15) is 22.8 Å². The van der Waals surface area contributed by atoms with E-state index in [1.54, 1.807) is 4.90 Å². The van der Waals surface area contributed by atoms with Crippen LogP contribution in [0.4, 0.5) is 18.9 Å². The molecule has 0 spiro atoms. The Morgan fingerprint density at radius 3 is 2.35 bits per heavy atom. The van der Waals surface area contributed by atoms with Gasteiger partial charge in [0.25, 0.3) is 0 Å². The molecule has 0 radical (unpaired) electrons. The Bertz CT molecular complexity index is 981. The molecule has 10 heteroatoms. The van der Waals surface area contributed by atoms with Gasteiger partial charge in [-0.1, -0.05) is 37.3 Å². The van der Waals surface area contributed by atoms with Gasteiger partial charge in [0.15, 0.2) is 0 Å². The smallest absolute Gasteiger partial charge is 0.406 e. The molecule has 2 aromatic carbocycles. The van der Waals surface area contributed by atoms with Crippen LogP contribution in [-0.2, 0) is 20.7 Å². The van der Waals surface area contributed by atoms with Crippen LogP contribution >= 0.6 is 0 Å². The number of anilines is 1. The highest BCUT2D eigenvalue weighted by Crippen LogP contribution is 2.24. The van der Waals surface area contributed by atoms with Crippen molar-refractivity contribution in [3.05, 3.63) is 60.2 Å². The van der Waals surface area contributed by atoms with Gasteiger partial charge in [0.05, 0.1) is 13.2 Å². The summed E-state index contributed by atoms with van der Waals surface area (Å²) in [6, 6.07) is 15.0. The molecule has 2 atom stereocenters. The lowest BCUT2D eigenvalue weighted by molar-refractivity contribution is -0.274. The Labute approximate surface area is 215 Å². The number of carbonyl (C=O) groups is 2. The number of ether oxygens (including phenoxy) is 2. The second kappa shape index (κ2) is 13.9. The van der Waals surface area contributed by atoms with Crippen molar-refractivity contribution < 1.29 is 32.2 Å². The minimum Gasteiger partial charge on any atom is -0.406 e. The first kappa shape index (κ1) is 28.3. The highest BCUT2D eigenvalue weighted by molar-refractivity contribution is 5.86. The molecule has 2 N–H and O–H groups in total. The molecule has 1 saturated heterocycles. The Hall–Kier alpha value is -3.27. The number of amides is 2. The van der Waals surface area contributed by atoms with Gasteiger partial charge in [-0.05, 0) is 49.1 Å². The molecule has 1 fully saturated rings. The van der Waals surface area contributed by atoms with Crippen LogP contribution < -0.4 is 15.4 Å². The van der Waals surface area contributed by atoms with Crippen molar-refractivity contribution in [1.82, 2.24) is 10.2 Å². The minimum absolute atomic E-state index is 0.0520. The second-order valence-electron chi connectivity index (χ2n) is 8.99. The minimum atomic E-state index is -4.74. The maximum absolute atomic E-state index is 13.3. The molecule has 1 aliphatic rings. The van der Waals surface area contributed by atoms with E-state index >= 15 is 0 Å². The van der Waals surface area contributed by atoms with Crippen LogP contribution in [0, 0.1) is 5.92 Å². The van der Waals surface area contributed by atoms with Crippen LogP contribution in [0.5, 0.6) is 5.75 Å². The van der Waals surface area contributed by atoms with Crippen molar-refractivity contribution in [2.24, 2.45) is 5.92 Å². The Morgan fingerprint density at radius 2 is 1.73 bits per heavy atom. The van der Waals surface area contributed by atoms with E-state index in [4.69, 9.17) is 4.74 Å². The van der Waals surface area contributed by atoms with Crippen LogP contribution in [-0.4, -0.2) is 62.0 Å². The Balaban J connectivity index is 1.58. The molecule has 1 heterocycles. The van der Waals surface area contributed by atoms with E-state index < -0.39 is 12.3 Å². The van der Waals surface area contributed by atoms with E-state index in [1.807, 2.05) is 37.3 Å². The van der Waals surface area contributed by atoms with Gasteiger partial charge in [0.2, 0.25) is 11.8 Å². The summed E-state index contributed by atoms with van der Waals surface area (Å²) in [5.74, 6) is -1.02. The summed E-state index contributed by atoms with van der Waals surface area (Å²) in [5, 5.41) is 6.19. The summed E-state index contributed by atoms with van der Waals surface area (Å²) in [6.07, 6.45) is -2.76. The van der Waals surface area contributed by atoms with Gasteiger partial charge in [0.1, 0.15) is 5.75 Å². The molecule has 2 aromatic rings. The number of rotatable bonds is 12. The highest BCUT2D eigenvalue weighted by atomic mass is 19.4. The molecule has 0 bridgehead atoms. The number of aryl methyl sites for hydroxylation is 1. The molecule has 202 valence electrons.